The summed E-state index contributed by atoms with van der Waals surface area (Å²) >= 11 is 7.16. The van der Waals surface area contributed by atoms with Crippen LogP contribution in [0.15, 0.2) is 88.3 Å². The molecular formula is C27H24ClN3O4S. The van der Waals surface area contributed by atoms with Crippen LogP contribution < -0.4 is 15.4 Å². The van der Waals surface area contributed by atoms with E-state index < -0.39 is 0 Å². The number of methoxy groups -OCH3 is 1. The highest BCUT2D eigenvalue weighted by atomic mass is 35.5. The fourth-order valence-electron chi connectivity index (χ4n) is 3.58. The Morgan fingerprint density at radius 3 is 2.22 bits per heavy atom. The van der Waals surface area contributed by atoms with Gasteiger partial charge in [-0.25, -0.2) is 0 Å². The van der Waals surface area contributed by atoms with Crippen molar-refractivity contribution in [1.29, 1.82) is 0 Å². The third-order valence-electron chi connectivity index (χ3n) is 5.37. The Morgan fingerprint density at radius 2 is 1.61 bits per heavy atom. The summed E-state index contributed by atoms with van der Waals surface area (Å²) in [6.07, 6.45) is 0. The minimum absolute atomic E-state index is 0.224. The average molecular weight is 522 g/mol. The first-order valence-corrected chi connectivity index (χ1v) is 12.3. The highest BCUT2D eigenvalue weighted by Gasteiger charge is 2.40. The number of hydrogen-bond donors (Lipinski definition) is 2. The number of nitrogens with one attached hydrogen (secondary N) is 2. The van der Waals surface area contributed by atoms with E-state index in [9.17, 15) is 14.4 Å². The minimum atomic E-state index is -0.376. The van der Waals surface area contributed by atoms with E-state index in [1.165, 1.54) is 16.7 Å². The van der Waals surface area contributed by atoms with Crippen LogP contribution in [0.4, 0.5) is 11.4 Å². The number of nitrogens with zero attached hydrogens (tertiary/aromatic N) is 1. The Bertz CT molecular complexity index is 1340. The van der Waals surface area contributed by atoms with Gasteiger partial charge in [0.1, 0.15) is 16.4 Å². The SMILES string of the molecule is COc1ccc(NC2=C(Sc3ccc(NC(=O)c4cccc(Cl)c4)cc3)C(=O)N(C(C)C)C2=O)cc1. The molecule has 0 radical (unpaired) electrons. The summed E-state index contributed by atoms with van der Waals surface area (Å²) in [7, 11) is 1.58. The molecule has 0 saturated carbocycles. The lowest BCUT2D eigenvalue weighted by molar-refractivity contribution is -0.139. The van der Waals surface area contributed by atoms with Crippen molar-refractivity contribution < 1.29 is 19.1 Å². The maximum atomic E-state index is 13.2. The van der Waals surface area contributed by atoms with E-state index in [0.29, 0.717) is 32.6 Å². The summed E-state index contributed by atoms with van der Waals surface area (Å²) in [5.74, 6) is -0.326. The molecule has 2 N–H and O–H groups in total. The number of imide groups is 1. The number of halogens is 1. The maximum absolute atomic E-state index is 13.2. The van der Waals surface area contributed by atoms with Crippen molar-refractivity contribution in [2.24, 2.45) is 0 Å². The number of benzene rings is 3. The van der Waals surface area contributed by atoms with Crippen LogP contribution >= 0.6 is 23.4 Å². The maximum Gasteiger partial charge on any atom is 0.278 e. The molecule has 4 rings (SSSR count). The summed E-state index contributed by atoms with van der Waals surface area (Å²) < 4.78 is 5.18. The van der Waals surface area contributed by atoms with Crippen molar-refractivity contribution in [2.75, 3.05) is 17.7 Å². The van der Waals surface area contributed by atoms with Gasteiger partial charge >= 0.3 is 0 Å². The van der Waals surface area contributed by atoms with E-state index in [0.717, 1.165) is 4.90 Å². The van der Waals surface area contributed by atoms with Gasteiger partial charge in [-0.15, -0.1) is 0 Å². The lowest BCUT2D eigenvalue weighted by Crippen LogP contribution is -2.38. The molecular weight excluding hydrogens is 498 g/mol. The second kappa shape index (κ2) is 10.9. The molecule has 3 aromatic carbocycles. The number of hydrogen-bond acceptors (Lipinski definition) is 6. The lowest BCUT2D eigenvalue weighted by atomic mass is 10.2. The Hall–Kier alpha value is -3.75. The number of ether oxygens (including phenoxy) is 1. The molecule has 1 aliphatic rings. The van der Waals surface area contributed by atoms with Gasteiger partial charge in [0.15, 0.2) is 0 Å². The smallest absolute Gasteiger partial charge is 0.278 e. The second-order valence-electron chi connectivity index (χ2n) is 8.22. The molecule has 0 atom stereocenters. The molecule has 36 heavy (non-hydrogen) atoms. The molecule has 1 heterocycles. The van der Waals surface area contributed by atoms with E-state index in [-0.39, 0.29) is 29.5 Å². The average Bonchev–Trinajstić information content (AvgIpc) is 3.09. The van der Waals surface area contributed by atoms with Crippen LogP contribution in [0, 0.1) is 0 Å². The van der Waals surface area contributed by atoms with Crippen molar-refractivity contribution in [3.8, 4) is 5.75 Å². The monoisotopic (exact) mass is 521 g/mol. The number of thioether (sulfide) groups is 1. The topological polar surface area (TPSA) is 87.7 Å². The van der Waals surface area contributed by atoms with Crippen LogP contribution in [0.2, 0.25) is 5.02 Å². The Balaban J connectivity index is 1.55. The zero-order chi connectivity index (χ0) is 25.8. The third kappa shape index (κ3) is 5.56. The first kappa shape index (κ1) is 25.3. The molecule has 0 spiro atoms. The van der Waals surface area contributed by atoms with Crippen molar-refractivity contribution in [3.05, 3.63) is 94.0 Å². The van der Waals surface area contributed by atoms with E-state index in [1.54, 1.807) is 93.8 Å². The molecule has 0 bridgehead atoms. The Morgan fingerprint density at radius 1 is 0.944 bits per heavy atom. The van der Waals surface area contributed by atoms with Gasteiger partial charge in [-0.2, -0.15) is 0 Å². The summed E-state index contributed by atoms with van der Waals surface area (Å²) in [6.45, 7) is 3.59. The molecule has 1 aliphatic heterocycles. The Kier molecular flexibility index (Phi) is 7.67. The van der Waals surface area contributed by atoms with Crippen LogP contribution in [-0.2, 0) is 9.59 Å². The van der Waals surface area contributed by atoms with Gasteiger partial charge in [0.25, 0.3) is 17.7 Å². The first-order valence-electron chi connectivity index (χ1n) is 11.1. The summed E-state index contributed by atoms with van der Waals surface area (Å²) in [4.78, 5) is 41.0. The summed E-state index contributed by atoms with van der Waals surface area (Å²) in [5, 5.41) is 6.41. The van der Waals surface area contributed by atoms with Crippen molar-refractivity contribution in [3.63, 3.8) is 0 Å². The first-order chi connectivity index (χ1) is 17.3. The van der Waals surface area contributed by atoms with Crippen LogP contribution in [-0.4, -0.2) is 35.8 Å². The van der Waals surface area contributed by atoms with Gasteiger partial charge in [0, 0.05) is 32.9 Å². The number of carbonyl (C=O) groups is 3. The number of carbonyl (C=O) groups excluding carboxylic acids is 3. The van der Waals surface area contributed by atoms with Crippen molar-refractivity contribution >= 4 is 52.5 Å². The molecule has 0 aliphatic carbocycles. The van der Waals surface area contributed by atoms with E-state index >= 15 is 0 Å². The largest absolute Gasteiger partial charge is 0.497 e. The number of anilines is 2. The Labute approximate surface area is 218 Å². The fraction of sp³-hybridized carbons (Fsp3) is 0.148. The second-order valence-corrected chi connectivity index (χ2v) is 9.74. The van der Waals surface area contributed by atoms with E-state index in [1.807, 2.05) is 0 Å². The zero-order valence-electron chi connectivity index (χ0n) is 19.9. The van der Waals surface area contributed by atoms with Gasteiger partial charge < -0.3 is 15.4 Å². The number of rotatable bonds is 8. The molecule has 3 aromatic rings. The zero-order valence-corrected chi connectivity index (χ0v) is 21.4. The quantitative estimate of drug-likeness (QED) is 0.365. The van der Waals surface area contributed by atoms with Crippen LogP contribution in [0.1, 0.15) is 24.2 Å². The normalized spacial score (nSPS) is 13.4. The highest BCUT2D eigenvalue weighted by molar-refractivity contribution is 8.04. The lowest BCUT2D eigenvalue weighted by Gasteiger charge is -2.19. The predicted octanol–water partition coefficient (Wildman–Crippen LogP) is 5.79. The van der Waals surface area contributed by atoms with Gasteiger partial charge in [-0.1, -0.05) is 29.4 Å². The van der Waals surface area contributed by atoms with Crippen LogP contribution in [0.3, 0.4) is 0 Å². The van der Waals surface area contributed by atoms with Gasteiger partial charge in [-0.3, -0.25) is 19.3 Å². The van der Waals surface area contributed by atoms with Crippen LogP contribution in [0.25, 0.3) is 0 Å². The summed E-state index contributed by atoms with van der Waals surface area (Å²) in [6, 6.07) is 20.5. The van der Waals surface area contributed by atoms with E-state index in [4.69, 9.17) is 16.3 Å². The fourth-order valence-corrected chi connectivity index (χ4v) is 4.70. The molecule has 0 aromatic heterocycles. The molecule has 9 heteroatoms. The molecule has 3 amide bonds. The standard InChI is InChI=1S/C27H24ClN3O4S/c1-16(2)31-26(33)23(29-19-7-11-21(35-3)12-8-19)24(27(31)34)36-22-13-9-20(10-14-22)30-25(32)17-5-4-6-18(28)15-17/h4-16,29H,1-3H3,(H,30,32). The van der Waals surface area contributed by atoms with Crippen molar-refractivity contribution in [1.82, 2.24) is 4.90 Å². The van der Waals surface area contributed by atoms with Crippen molar-refractivity contribution in [2.45, 2.75) is 24.8 Å². The molecule has 0 fully saturated rings. The third-order valence-corrected chi connectivity index (χ3v) is 6.69. The van der Waals surface area contributed by atoms with E-state index in [2.05, 4.69) is 10.6 Å². The predicted molar refractivity (Wildman–Crippen MR) is 142 cm³/mol. The van der Waals surface area contributed by atoms with Crippen LogP contribution in [0.5, 0.6) is 5.75 Å². The van der Waals surface area contributed by atoms with Gasteiger partial charge in [-0.05, 0) is 80.6 Å². The van der Waals surface area contributed by atoms with Gasteiger partial charge in [0.05, 0.1) is 7.11 Å². The molecule has 184 valence electrons. The molecule has 0 unspecified atom stereocenters. The molecule has 7 nitrogen and oxygen atoms in total. The highest BCUT2D eigenvalue weighted by Crippen LogP contribution is 2.37. The van der Waals surface area contributed by atoms with Gasteiger partial charge in [0.2, 0.25) is 0 Å². The summed E-state index contributed by atoms with van der Waals surface area (Å²) in [5.41, 5.74) is 1.92. The molecule has 0 saturated heterocycles. The number of amides is 3. The minimum Gasteiger partial charge on any atom is -0.497 e.